The summed E-state index contributed by atoms with van der Waals surface area (Å²) in [5, 5.41) is 4.04. The summed E-state index contributed by atoms with van der Waals surface area (Å²) in [5.41, 5.74) is 1.04. The van der Waals surface area contributed by atoms with Gasteiger partial charge in [-0.15, -0.1) is 0 Å². The Kier molecular flexibility index (Phi) is 3.82. The topological polar surface area (TPSA) is 12.0 Å². The molecule has 1 fully saturated rings. The molecule has 1 aromatic rings. The highest BCUT2D eigenvalue weighted by molar-refractivity contribution is 6.31. The van der Waals surface area contributed by atoms with Crippen molar-refractivity contribution in [2.24, 2.45) is 5.92 Å². The van der Waals surface area contributed by atoms with Gasteiger partial charge in [-0.1, -0.05) is 24.6 Å². The molecular weight excluding hydrogens is 225 g/mol. The van der Waals surface area contributed by atoms with Crippen LogP contribution in [-0.2, 0) is 0 Å². The van der Waals surface area contributed by atoms with E-state index in [-0.39, 0.29) is 5.82 Å². The van der Waals surface area contributed by atoms with Gasteiger partial charge in [0.15, 0.2) is 0 Å². The average Bonchev–Trinajstić information content (AvgIpc) is 3.05. The van der Waals surface area contributed by atoms with Crippen molar-refractivity contribution in [3.63, 3.8) is 0 Å². The van der Waals surface area contributed by atoms with Crippen LogP contribution in [0.25, 0.3) is 0 Å². The zero-order valence-electron chi connectivity index (χ0n) is 9.47. The van der Waals surface area contributed by atoms with Gasteiger partial charge in [0.1, 0.15) is 5.82 Å². The summed E-state index contributed by atoms with van der Waals surface area (Å²) in [7, 11) is 0. The molecule has 1 nitrogen and oxygen atoms in total. The molecule has 0 aromatic heterocycles. The van der Waals surface area contributed by atoms with E-state index in [1.807, 2.05) is 6.07 Å². The van der Waals surface area contributed by atoms with Crippen LogP contribution in [0.2, 0.25) is 5.02 Å². The fraction of sp³-hybridized carbons (Fsp3) is 0.538. The Labute approximate surface area is 101 Å². The Hall–Kier alpha value is -0.600. The zero-order valence-corrected chi connectivity index (χ0v) is 10.2. The molecule has 1 N–H and O–H groups in total. The average molecular weight is 242 g/mol. The fourth-order valence-corrected chi connectivity index (χ4v) is 2.30. The summed E-state index contributed by atoms with van der Waals surface area (Å²) in [5.74, 6) is 0.410. The largest absolute Gasteiger partial charge is 0.310 e. The van der Waals surface area contributed by atoms with Crippen LogP contribution in [-0.4, -0.2) is 6.54 Å². The second-order valence-electron chi connectivity index (χ2n) is 4.44. The van der Waals surface area contributed by atoms with Crippen molar-refractivity contribution in [2.45, 2.75) is 32.2 Å². The number of rotatable bonds is 5. The highest BCUT2D eigenvalue weighted by Crippen LogP contribution is 2.42. The molecule has 1 aromatic carbocycles. The monoisotopic (exact) mass is 241 g/mol. The van der Waals surface area contributed by atoms with Crippen LogP contribution < -0.4 is 5.32 Å². The van der Waals surface area contributed by atoms with Crippen molar-refractivity contribution in [1.82, 2.24) is 5.32 Å². The minimum atomic E-state index is -0.265. The van der Waals surface area contributed by atoms with Gasteiger partial charge in [-0.3, -0.25) is 0 Å². The van der Waals surface area contributed by atoms with Crippen LogP contribution in [0.5, 0.6) is 0 Å². The van der Waals surface area contributed by atoms with Gasteiger partial charge in [0, 0.05) is 11.1 Å². The molecule has 3 heteroatoms. The molecule has 0 bridgehead atoms. The Bertz CT molecular complexity index is 363. The Morgan fingerprint density at radius 1 is 1.50 bits per heavy atom. The van der Waals surface area contributed by atoms with E-state index in [0.717, 1.165) is 18.5 Å². The summed E-state index contributed by atoms with van der Waals surface area (Å²) >= 11 is 6.10. The van der Waals surface area contributed by atoms with Gasteiger partial charge in [-0.2, -0.15) is 0 Å². The molecule has 0 heterocycles. The molecule has 1 unspecified atom stereocenters. The molecular formula is C13H17ClFN. The standard InChI is InChI=1S/C13H17ClFN/c1-2-7-16-13(9-3-4-9)11-6-5-10(15)8-12(11)14/h5-6,8-9,13,16H,2-4,7H2,1H3. The number of nitrogens with one attached hydrogen (secondary N) is 1. The number of hydrogen-bond acceptors (Lipinski definition) is 1. The molecule has 0 spiro atoms. The fourth-order valence-electron chi connectivity index (χ4n) is 2.01. The third-order valence-electron chi connectivity index (χ3n) is 3.01. The number of benzene rings is 1. The van der Waals surface area contributed by atoms with Gasteiger partial charge in [0.05, 0.1) is 0 Å². The van der Waals surface area contributed by atoms with Crippen molar-refractivity contribution in [3.8, 4) is 0 Å². The highest BCUT2D eigenvalue weighted by Gasteiger charge is 2.32. The lowest BCUT2D eigenvalue weighted by molar-refractivity contribution is 0.480. The molecule has 1 aliphatic rings. The smallest absolute Gasteiger partial charge is 0.124 e. The van der Waals surface area contributed by atoms with Gasteiger partial charge >= 0.3 is 0 Å². The summed E-state index contributed by atoms with van der Waals surface area (Å²) in [6, 6.07) is 5.00. The van der Waals surface area contributed by atoms with E-state index < -0.39 is 0 Å². The highest BCUT2D eigenvalue weighted by atomic mass is 35.5. The SMILES string of the molecule is CCCNC(c1ccc(F)cc1Cl)C1CC1. The maximum atomic E-state index is 13.0. The van der Waals surface area contributed by atoms with E-state index in [1.54, 1.807) is 0 Å². The van der Waals surface area contributed by atoms with Crippen molar-refractivity contribution >= 4 is 11.6 Å². The molecule has 1 atom stereocenters. The Morgan fingerprint density at radius 3 is 2.81 bits per heavy atom. The molecule has 16 heavy (non-hydrogen) atoms. The first-order chi connectivity index (χ1) is 7.72. The summed E-state index contributed by atoms with van der Waals surface area (Å²) in [6.07, 6.45) is 3.59. The lowest BCUT2D eigenvalue weighted by Crippen LogP contribution is -2.24. The zero-order chi connectivity index (χ0) is 11.5. The van der Waals surface area contributed by atoms with Gasteiger partial charge in [-0.05, 0) is 49.4 Å². The summed E-state index contributed by atoms with van der Waals surface area (Å²) in [6.45, 7) is 3.12. The summed E-state index contributed by atoms with van der Waals surface area (Å²) in [4.78, 5) is 0. The van der Waals surface area contributed by atoms with Crippen LogP contribution in [0.1, 0.15) is 37.8 Å². The normalized spacial score (nSPS) is 17.4. The van der Waals surface area contributed by atoms with Crippen molar-refractivity contribution in [1.29, 1.82) is 0 Å². The van der Waals surface area contributed by atoms with E-state index in [2.05, 4.69) is 12.2 Å². The van der Waals surface area contributed by atoms with E-state index in [1.165, 1.54) is 25.0 Å². The lowest BCUT2D eigenvalue weighted by atomic mass is 10.0. The maximum Gasteiger partial charge on any atom is 0.124 e. The molecule has 1 saturated carbocycles. The Morgan fingerprint density at radius 2 is 2.25 bits per heavy atom. The number of hydrogen-bond donors (Lipinski definition) is 1. The number of halogens is 2. The Balaban J connectivity index is 2.17. The first kappa shape index (κ1) is 11.9. The summed E-state index contributed by atoms with van der Waals surface area (Å²) < 4.78 is 13.0. The van der Waals surface area contributed by atoms with E-state index in [4.69, 9.17) is 11.6 Å². The van der Waals surface area contributed by atoms with Crippen LogP contribution in [0.4, 0.5) is 4.39 Å². The van der Waals surface area contributed by atoms with Crippen LogP contribution in [0.3, 0.4) is 0 Å². The van der Waals surface area contributed by atoms with Crippen LogP contribution in [0, 0.1) is 11.7 Å². The van der Waals surface area contributed by atoms with Crippen molar-refractivity contribution in [2.75, 3.05) is 6.54 Å². The minimum absolute atomic E-state index is 0.265. The first-order valence-electron chi connectivity index (χ1n) is 5.90. The molecule has 0 aliphatic heterocycles. The molecule has 88 valence electrons. The third-order valence-corrected chi connectivity index (χ3v) is 3.33. The van der Waals surface area contributed by atoms with Crippen molar-refractivity contribution in [3.05, 3.63) is 34.6 Å². The molecule has 0 saturated heterocycles. The molecule has 0 amide bonds. The van der Waals surface area contributed by atoms with E-state index >= 15 is 0 Å². The van der Waals surface area contributed by atoms with Gasteiger partial charge in [0.2, 0.25) is 0 Å². The molecule has 2 rings (SSSR count). The van der Waals surface area contributed by atoms with E-state index in [9.17, 15) is 4.39 Å². The molecule has 0 radical (unpaired) electrons. The van der Waals surface area contributed by atoms with Gasteiger partial charge < -0.3 is 5.32 Å². The van der Waals surface area contributed by atoms with Crippen molar-refractivity contribution < 1.29 is 4.39 Å². The molecule has 1 aliphatic carbocycles. The van der Waals surface area contributed by atoms with Gasteiger partial charge in [0.25, 0.3) is 0 Å². The van der Waals surface area contributed by atoms with E-state index in [0.29, 0.717) is 17.0 Å². The lowest BCUT2D eigenvalue weighted by Gasteiger charge is -2.19. The van der Waals surface area contributed by atoms with Crippen LogP contribution >= 0.6 is 11.6 Å². The predicted molar refractivity (Wildman–Crippen MR) is 65.2 cm³/mol. The quantitative estimate of drug-likeness (QED) is 0.824. The maximum absolute atomic E-state index is 13.0. The second kappa shape index (κ2) is 5.15. The van der Waals surface area contributed by atoms with Gasteiger partial charge in [-0.25, -0.2) is 4.39 Å². The predicted octanol–water partition coefficient (Wildman–Crippen LogP) is 3.93. The van der Waals surface area contributed by atoms with Crippen LogP contribution in [0.15, 0.2) is 18.2 Å². The minimum Gasteiger partial charge on any atom is -0.310 e. The second-order valence-corrected chi connectivity index (χ2v) is 4.84. The first-order valence-corrected chi connectivity index (χ1v) is 6.28. The third kappa shape index (κ3) is 2.74.